The molecule has 0 aromatic heterocycles. The highest BCUT2D eigenvalue weighted by Gasteiger charge is 2.31. The summed E-state index contributed by atoms with van der Waals surface area (Å²) in [5.41, 5.74) is -0.405. The number of carbonyl (C=O) groups excluding carboxylic acids is 1. The van der Waals surface area contributed by atoms with Crippen molar-refractivity contribution in [1.29, 1.82) is 0 Å². The SMILES string of the molecule is C=CCC(C(=O)Nc1ccc(Br)c(F)c1)c1cccc(C(F)(F)F)c1. The lowest BCUT2D eigenvalue weighted by molar-refractivity contribution is -0.137. The van der Waals surface area contributed by atoms with Crippen LogP contribution in [0, 0.1) is 5.82 Å². The first-order valence-corrected chi connectivity index (χ1v) is 8.05. The molecule has 1 amide bonds. The minimum atomic E-state index is -4.50. The third-order valence-electron chi connectivity index (χ3n) is 3.52. The van der Waals surface area contributed by atoms with Crippen molar-refractivity contribution < 1.29 is 22.4 Å². The number of hydrogen-bond acceptors (Lipinski definition) is 1. The van der Waals surface area contributed by atoms with Crippen LogP contribution in [-0.2, 0) is 11.0 Å². The lowest BCUT2D eigenvalue weighted by atomic mass is 9.93. The fourth-order valence-corrected chi connectivity index (χ4v) is 2.54. The topological polar surface area (TPSA) is 29.1 Å². The van der Waals surface area contributed by atoms with Crippen LogP contribution in [0.5, 0.6) is 0 Å². The molecule has 132 valence electrons. The molecule has 0 radical (unpaired) electrons. The van der Waals surface area contributed by atoms with Crippen LogP contribution in [0.1, 0.15) is 23.5 Å². The van der Waals surface area contributed by atoms with Crippen LogP contribution in [0.3, 0.4) is 0 Å². The number of benzene rings is 2. The Labute approximate surface area is 150 Å². The third kappa shape index (κ3) is 4.92. The lowest BCUT2D eigenvalue weighted by Crippen LogP contribution is -2.21. The summed E-state index contributed by atoms with van der Waals surface area (Å²) < 4.78 is 52.4. The summed E-state index contributed by atoms with van der Waals surface area (Å²) in [6, 6.07) is 8.62. The summed E-state index contributed by atoms with van der Waals surface area (Å²) in [7, 11) is 0. The second kappa shape index (κ2) is 7.82. The molecule has 2 rings (SSSR count). The second-order valence-electron chi connectivity index (χ2n) is 5.32. The molecule has 1 unspecified atom stereocenters. The zero-order chi connectivity index (χ0) is 18.6. The summed E-state index contributed by atoms with van der Waals surface area (Å²) in [6.45, 7) is 3.54. The van der Waals surface area contributed by atoms with E-state index in [2.05, 4.69) is 27.8 Å². The zero-order valence-corrected chi connectivity index (χ0v) is 14.5. The molecule has 1 atom stereocenters. The van der Waals surface area contributed by atoms with Crippen LogP contribution in [-0.4, -0.2) is 5.91 Å². The Hall–Kier alpha value is -2.15. The van der Waals surface area contributed by atoms with Crippen molar-refractivity contribution in [2.45, 2.75) is 18.5 Å². The summed E-state index contributed by atoms with van der Waals surface area (Å²) in [5.74, 6) is -1.97. The molecule has 0 aliphatic rings. The van der Waals surface area contributed by atoms with Gasteiger partial charge >= 0.3 is 6.18 Å². The van der Waals surface area contributed by atoms with E-state index in [1.807, 2.05) is 0 Å². The maximum Gasteiger partial charge on any atom is 0.416 e. The maximum atomic E-state index is 13.5. The summed E-state index contributed by atoms with van der Waals surface area (Å²) in [6.07, 6.45) is -2.90. The Kier molecular flexibility index (Phi) is 6.00. The molecule has 25 heavy (non-hydrogen) atoms. The van der Waals surface area contributed by atoms with Gasteiger partial charge < -0.3 is 5.32 Å². The number of alkyl halides is 3. The largest absolute Gasteiger partial charge is 0.416 e. The summed E-state index contributed by atoms with van der Waals surface area (Å²) >= 11 is 3.01. The smallest absolute Gasteiger partial charge is 0.325 e. The molecular weight excluding hydrogens is 402 g/mol. The number of rotatable bonds is 5. The predicted molar refractivity (Wildman–Crippen MR) is 91.7 cm³/mol. The van der Waals surface area contributed by atoms with Crippen molar-refractivity contribution >= 4 is 27.5 Å². The highest BCUT2D eigenvalue weighted by molar-refractivity contribution is 9.10. The van der Waals surface area contributed by atoms with Crippen LogP contribution >= 0.6 is 15.9 Å². The van der Waals surface area contributed by atoms with Crippen LogP contribution in [0.2, 0.25) is 0 Å². The van der Waals surface area contributed by atoms with Gasteiger partial charge in [-0.2, -0.15) is 13.2 Å². The normalized spacial score (nSPS) is 12.5. The van der Waals surface area contributed by atoms with Crippen LogP contribution in [0.15, 0.2) is 59.6 Å². The van der Waals surface area contributed by atoms with E-state index < -0.39 is 29.4 Å². The van der Waals surface area contributed by atoms with Gasteiger partial charge in [0.1, 0.15) is 5.82 Å². The van der Waals surface area contributed by atoms with Crippen LogP contribution in [0.4, 0.5) is 23.2 Å². The first-order valence-electron chi connectivity index (χ1n) is 7.26. The Bertz CT molecular complexity index is 789. The van der Waals surface area contributed by atoms with Gasteiger partial charge in [-0.15, -0.1) is 6.58 Å². The molecule has 0 spiro atoms. The van der Waals surface area contributed by atoms with Gasteiger partial charge in [-0.1, -0.05) is 24.3 Å². The molecule has 7 heteroatoms. The van der Waals surface area contributed by atoms with Crippen LogP contribution in [0.25, 0.3) is 0 Å². The van der Waals surface area contributed by atoms with Crippen molar-refractivity contribution in [2.75, 3.05) is 5.32 Å². The van der Waals surface area contributed by atoms with Crippen molar-refractivity contribution in [3.05, 3.63) is 76.5 Å². The number of carbonyl (C=O) groups is 1. The Morgan fingerprint density at radius 2 is 1.96 bits per heavy atom. The Balaban J connectivity index is 2.29. The average molecular weight is 416 g/mol. The minimum absolute atomic E-state index is 0.145. The van der Waals surface area contributed by atoms with E-state index in [4.69, 9.17) is 0 Å². The molecular formula is C18H14BrF4NO. The molecule has 0 aliphatic carbocycles. The Morgan fingerprint density at radius 1 is 1.24 bits per heavy atom. The quantitative estimate of drug-likeness (QED) is 0.477. The number of amides is 1. The van der Waals surface area contributed by atoms with E-state index >= 15 is 0 Å². The minimum Gasteiger partial charge on any atom is -0.325 e. The molecule has 0 saturated heterocycles. The van der Waals surface area contributed by atoms with Gasteiger partial charge in [0.15, 0.2) is 0 Å². The molecule has 0 aliphatic heterocycles. The van der Waals surface area contributed by atoms with Crippen LogP contribution < -0.4 is 5.32 Å². The van der Waals surface area contributed by atoms with Gasteiger partial charge in [0.05, 0.1) is 16.0 Å². The van der Waals surface area contributed by atoms with E-state index in [1.54, 1.807) is 0 Å². The summed E-state index contributed by atoms with van der Waals surface area (Å²) in [5, 5.41) is 2.52. The van der Waals surface area contributed by atoms with E-state index in [1.165, 1.54) is 30.3 Å². The van der Waals surface area contributed by atoms with E-state index in [-0.39, 0.29) is 22.1 Å². The second-order valence-corrected chi connectivity index (χ2v) is 6.17. The van der Waals surface area contributed by atoms with Gasteiger partial charge in [0.2, 0.25) is 5.91 Å². The molecule has 0 bridgehead atoms. The zero-order valence-electron chi connectivity index (χ0n) is 12.9. The first-order chi connectivity index (χ1) is 11.7. The van der Waals surface area contributed by atoms with E-state index in [0.717, 1.165) is 18.2 Å². The van der Waals surface area contributed by atoms with Crippen molar-refractivity contribution in [3.8, 4) is 0 Å². The van der Waals surface area contributed by atoms with Crippen molar-refractivity contribution in [3.63, 3.8) is 0 Å². The van der Waals surface area contributed by atoms with Crippen molar-refractivity contribution in [2.24, 2.45) is 0 Å². The van der Waals surface area contributed by atoms with Crippen molar-refractivity contribution in [1.82, 2.24) is 0 Å². The third-order valence-corrected chi connectivity index (χ3v) is 4.17. The first kappa shape index (κ1) is 19.2. The van der Waals surface area contributed by atoms with Gasteiger partial charge in [0.25, 0.3) is 0 Å². The molecule has 2 nitrogen and oxygen atoms in total. The average Bonchev–Trinajstić information content (AvgIpc) is 2.55. The monoisotopic (exact) mass is 415 g/mol. The van der Waals surface area contributed by atoms with Gasteiger partial charge in [-0.05, 0) is 52.2 Å². The fraction of sp³-hybridized carbons (Fsp3) is 0.167. The molecule has 0 saturated carbocycles. The van der Waals surface area contributed by atoms with Gasteiger partial charge in [-0.25, -0.2) is 4.39 Å². The number of halogens is 5. The predicted octanol–water partition coefficient (Wildman–Crippen LogP) is 5.91. The highest BCUT2D eigenvalue weighted by atomic mass is 79.9. The number of hydrogen-bond donors (Lipinski definition) is 1. The molecule has 2 aromatic carbocycles. The van der Waals surface area contributed by atoms with E-state index in [9.17, 15) is 22.4 Å². The number of anilines is 1. The summed E-state index contributed by atoms with van der Waals surface area (Å²) in [4.78, 5) is 12.5. The van der Waals surface area contributed by atoms with E-state index in [0.29, 0.717) is 0 Å². The number of allylic oxidation sites excluding steroid dienone is 1. The standard InChI is InChI=1S/C18H14BrF4NO/c1-2-4-14(11-5-3-6-12(9-11)18(21,22)23)17(25)24-13-7-8-15(19)16(20)10-13/h2-3,5-10,14H,1,4H2,(H,24,25). The molecule has 1 N–H and O–H groups in total. The van der Waals surface area contributed by atoms with Gasteiger partial charge in [0, 0.05) is 5.69 Å². The fourth-order valence-electron chi connectivity index (χ4n) is 2.30. The van der Waals surface area contributed by atoms with Gasteiger partial charge in [-0.3, -0.25) is 4.79 Å². The molecule has 0 fully saturated rings. The number of nitrogens with one attached hydrogen (secondary N) is 1. The maximum absolute atomic E-state index is 13.5. The highest BCUT2D eigenvalue weighted by Crippen LogP contribution is 2.32. The Morgan fingerprint density at radius 3 is 2.56 bits per heavy atom. The molecule has 2 aromatic rings. The molecule has 0 heterocycles. The lowest BCUT2D eigenvalue weighted by Gasteiger charge is -2.17.